The van der Waals surface area contributed by atoms with E-state index in [0.717, 1.165) is 30.0 Å². The number of nitrogens with two attached hydrogens (primary N) is 1. The van der Waals surface area contributed by atoms with Crippen molar-refractivity contribution in [3.8, 4) is 5.75 Å². The largest absolute Gasteiger partial charge is 0.492 e. The van der Waals surface area contributed by atoms with Crippen LogP contribution in [0.1, 0.15) is 58.9 Å². The first-order chi connectivity index (χ1) is 13.6. The maximum atomic E-state index is 6.13. The summed E-state index contributed by atoms with van der Waals surface area (Å²) >= 11 is 0. The molecule has 1 saturated carbocycles. The van der Waals surface area contributed by atoms with E-state index in [1.165, 1.54) is 19.3 Å². The Morgan fingerprint density at radius 3 is 2.45 bits per heavy atom. The lowest BCUT2D eigenvalue weighted by Crippen LogP contribution is -2.59. The van der Waals surface area contributed by atoms with Gasteiger partial charge < -0.3 is 20.3 Å². The molecule has 0 bridgehead atoms. The number of benzene rings is 1. The molecular formula is C23H39N5O. The Labute approximate surface area is 176 Å². The summed E-state index contributed by atoms with van der Waals surface area (Å²) in [6.45, 7) is 12.5. The van der Waals surface area contributed by atoms with Crippen molar-refractivity contribution in [2.24, 2.45) is 15.7 Å². The molecule has 0 atom stereocenters. The van der Waals surface area contributed by atoms with Crippen LogP contribution in [0.2, 0.25) is 0 Å². The van der Waals surface area contributed by atoms with Crippen molar-refractivity contribution >= 4 is 18.0 Å². The highest BCUT2D eigenvalue weighted by Crippen LogP contribution is 2.43. The van der Waals surface area contributed by atoms with E-state index in [0.29, 0.717) is 6.61 Å². The molecular weight excluding hydrogens is 362 g/mol. The average Bonchev–Trinajstić information content (AvgIpc) is 2.57. The van der Waals surface area contributed by atoms with E-state index in [2.05, 4.69) is 47.5 Å². The van der Waals surface area contributed by atoms with Crippen molar-refractivity contribution in [1.29, 1.82) is 0 Å². The van der Waals surface area contributed by atoms with Gasteiger partial charge in [0.1, 0.15) is 12.4 Å². The molecule has 0 amide bonds. The zero-order valence-corrected chi connectivity index (χ0v) is 19.3. The molecule has 0 saturated heterocycles. The molecule has 0 aliphatic heterocycles. The van der Waals surface area contributed by atoms with Crippen LogP contribution in [0.15, 0.2) is 28.2 Å². The molecule has 1 aliphatic carbocycles. The molecule has 0 heterocycles. The average molecular weight is 402 g/mol. The maximum absolute atomic E-state index is 6.13. The van der Waals surface area contributed by atoms with E-state index < -0.39 is 0 Å². The summed E-state index contributed by atoms with van der Waals surface area (Å²) in [5, 5.41) is 0. The van der Waals surface area contributed by atoms with Gasteiger partial charge >= 0.3 is 0 Å². The Bertz CT molecular complexity index is 724. The van der Waals surface area contributed by atoms with Gasteiger partial charge in [0.15, 0.2) is 0 Å². The summed E-state index contributed by atoms with van der Waals surface area (Å²) in [5.41, 5.74) is 8.14. The Hall–Kier alpha value is -2.08. The van der Waals surface area contributed by atoms with Gasteiger partial charge in [-0.15, -0.1) is 0 Å². The van der Waals surface area contributed by atoms with Crippen molar-refractivity contribution in [2.45, 2.75) is 71.4 Å². The minimum atomic E-state index is -0.0116. The van der Waals surface area contributed by atoms with Gasteiger partial charge in [0.25, 0.3) is 0 Å². The number of hydrogen-bond acceptors (Lipinski definition) is 3. The van der Waals surface area contributed by atoms with E-state index in [1.54, 1.807) is 0 Å². The highest BCUT2D eigenvalue weighted by molar-refractivity contribution is 5.88. The summed E-state index contributed by atoms with van der Waals surface area (Å²) in [6, 6.07) is 5.85. The van der Waals surface area contributed by atoms with Crippen molar-refractivity contribution in [3.05, 3.63) is 23.8 Å². The van der Waals surface area contributed by atoms with Crippen LogP contribution in [0.4, 0.5) is 5.69 Å². The number of likely N-dealkylation sites (N-methyl/N-ethyl adjacent to an activating group) is 1. The number of ether oxygens (including phenoxy) is 1. The molecule has 6 heteroatoms. The number of hydrogen-bond donors (Lipinski definition) is 1. The van der Waals surface area contributed by atoms with Crippen LogP contribution in [-0.2, 0) is 0 Å². The predicted octanol–water partition coefficient (Wildman–Crippen LogP) is 4.34. The Morgan fingerprint density at radius 2 is 1.97 bits per heavy atom. The zero-order chi connectivity index (χ0) is 21.7. The SMILES string of the molecule is CCC1(N(C=NC(N)=Nc2ccc(OCCN(C)C)c(C)c2)C(C)(C)C)CCC1. The Kier molecular flexibility index (Phi) is 7.69. The van der Waals surface area contributed by atoms with Crippen LogP contribution in [0.5, 0.6) is 5.75 Å². The van der Waals surface area contributed by atoms with Gasteiger partial charge in [0, 0.05) is 17.6 Å². The number of nitrogens with zero attached hydrogens (tertiary/aromatic N) is 4. The second-order valence-electron chi connectivity index (χ2n) is 9.29. The first kappa shape index (κ1) is 23.2. The summed E-state index contributed by atoms with van der Waals surface area (Å²) < 4.78 is 5.83. The molecule has 0 spiro atoms. The lowest BCUT2D eigenvalue weighted by atomic mass is 9.72. The van der Waals surface area contributed by atoms with Crippen LogP contribution in [-0.4, -0.2) is 60.4 Å². The highest BCUT2D eigenvalue weighted by atomic mass is 16.5. The lowest BCUT2D eigenvalue weighted by molar-refractivity contribution is 0.0163. The molecule has 6 nitrogen and oxygen atoms in total. The fourth-order valence-electron chi connectivity index (χ4n) is 3.84. The number of aryl methyl sites for hydroxylation is 1. The standard InChI is InChI=1S/C23H39N5O/c1-8-23(12-9-13-23)28(22(3,4)5)17-25-21(24)26-19-10-11-20(18(2)16-19)29-15-14-27(6)7/h10-11,16-17H,8-9,12-15H2,1-7H3,(H2,24,26). The molecule has 1 fully saturated rings. The van der Waals surface area contributed by atoms with Crippen LogP contribution < -0.4 is 10.5 Å². The second-order valence-corrected chi connectivity index (χ2v) is 9.29. The van der Waals surface area contributed by atoms with Crippen molar-refractivity contribution in [1.82, 2.24) is 9.80 Å². The summed E-state index contributed by atoms with van der Waals surface area (Å²) in [7, 11) is 4.07. The molecule has 2 N–H and O–H groups in total. The van der Waals surface area contributed by atoms with E-state index in [1.807, 2.05) is 45.6 Å². The molecule has 1 aliphatic rings. The molecule has 162 valence electrons. The minimum Gasteiger partial charge on any atom is -0.492 e. The topological polar surface area (TPSA) is 66.4 Å². The highest BCUT2D eigenvalue weighted by Gasteiger charge is 2.44. The van der Waals surface area contributed by atoms with Gasteiger partial charge in [-0.2, -0.15) is 0 Å². The van der Waals surface area contributed by atoms with Gasteiger partial charge in [-0.3, -0.25) is 0 Å². The van der Waals surface area contributed by atoms with E-state index in [9.17, 15) is 0 Å². The first-order valence-corrected chi connectivity index (χ1v) is 10.6. The Morgan fingerprint density at radius 1 is 1.28 bits per heavy atom. The molecule has 0 aromatic heterocycles. The molecule has 2 rings (SSSR count). The number of rotatable bonds is 8. The van der Waals surface area contributed by atoms with Crippen molar-refractivity contribution in [3.63, 3.8) is 0 Å². The third-order valence-electron chi connectivity index (χ3n) is 5.68. The van der Waals surface area contributed by atoms with Gasteiger partial charge in [0.2, 0.25) is 5.96 Å². The van der Waals surface area contributed by atoms with Gasteiger partial charge in [-0.1, -0.05) is 6.92 Å². The quantitative estimate of drug-likeness (QED) is 0.520. The molecule has 1 aromatic carbocycles. The summed E-state index contributed by atoms with van der Waals surface area (Å²) in [4.78, 5) is 13.4. The third kappa shape index (κ3) is 6.20. The number of aliphatic imine (C=N–C) groups is 2. The molecule has 29 heavy (non-hydrogen) atoms. The molecule has 0 radical (unpaired) electrons. The molecule has 1 aromatic rings. The van der Waals surface area contributed by atoms with Gasteiger partial charge in [-0.25, -0.2) is 9.98 Å². The van der Waals surface area contributed by atoms with Crippen molar-refractivity contribution in [2.75, 3.05) is 27.2 Å². The normalized spacial score (nSPS) is 16.9. The third-order valence-corrected chi connectivity index (χ3v) is 5.68. The van der Waals surface area contributed by atoms with Crippen LogP contribution in [0.3, 0.4) is 0 Å². The Balaban J connectivity index is 2.10. The fourth-order valence-corrected chi connectivity index (χ4v) is 3.84. The van der Waals surface area contributed by atoms with Gasteiger partial charge in [0.05, 0.1) is 12.0 Å². The van der Waals surface area contributed by atoms with Crippen molar-refractivity contribution < 1.29 is 4.74 Å². The first-order valence-electron chi connectivity index (χ1n) is 10.6. The van der Waals surface area contributed by atoms with E-state index in [4.69, 9.17) is 10.5 Å². The lowest BCUT2D eigenvalue weighted by Gasteiger charge is -2.55. The summed E-state index contributed by atoms with van der Waals surface area (Å²) in [5.74, 6) is 1.15. The monoisotopic (exact) mass is 401 g/mol. The minimum absolute atomic E-state index is 0.0116. The van der Waals surface area contributed by atoms with E-state index in [-0.39, 0.29) is 17.0 Å². The summed E-state index contributed by atoms with van der Waals surface area (Å²) in [6.07, 6.45) is 6.70. The van der Waals surface area contributed by atoms with E-state index >= 15 is 0 Å². The second kappa shape index (κ2) is 9.61. The van der Waals surface area contributed by atoms with Crippen LogP contribution in [0.25, 0.3) is 0 Å². The molecule has 0 unspecified atom stereocenters. The van der Waals surface area contributed by atoms with Gasteiger partial charge in [-0.05, 0) is 91.2 Å². The number of guanidine groups is 1. The maximum Gasteiger partial charge on any atom is 0.221 e. The van der Waals surface area contributed by atoms with Crippen LogP contribution in [0, 0.1) is 6.92 Å². The van der Waals surface area contributed by atoms with Crippen LogP contribution >= 0.6 is 0 Å². The predicted molar refractivity (Wildman–Crippen MR) is 123 cm³/mol. The zero-order valence-electron chi connectivity index (χ0n) is 19.3. The smallest absolute Gasteiger partial charge is 0.221 e. The fraction of sp³-hybridized carbons (Fsp3) is 0.652.